The molecule has 0 radical (unpaired) electrons. The number of hydrogen-bond donors (Lipinski definition) is 3. The molecule has 1 heterocycles. The summed E-state index contributed by atoms with van der Waals surface area (Å²) in [5, 5.41) is 25.6. The molecule has 0 aliphatic carbocycles. The number of aromatic hydroxyl groups is 2. The number of nitrogens with zero attached hydrogens (tertiary/aromatic N) is 1. The van der Waals surface area contributed by atoms with E-state index < -0.39 is 0 Å². The molecule has 6 heteroatoms. The van der Waals surface area contributed by atoms with Gasteiger partial charge in [-0.15, -0.1) is 0 Å². The maximum absolute atomic E-state index is 12.1. The van der Waals surface area contributed by atoms with E-state index in [2.05, 4.69) is 10.5 Å². The van der Waals surface area contributed by atoms with Crippen molar-refractivity contribution < 1.29 is 19.5 Å². The predicted molar refractivity (Wildman–Crippen MR) is 85.3 cm³/mol. The van der Waals surface area contributed by atoms with E-state index in [0.717, 1.165) is 22.6 Å². The molecule has 0 spiro atoms. The number of carbonyl (C=O) groups excluding carboxylic acids is 1. The van der Waals surface area contributed by atoms with Crippen molar-refractivity contribution in [1.29, 1.82) is 0 Å². The number of phenols is 2. The topological polar surface area (TPSA) is 95.6 Å². The predicted octanol–water partition coefficient (Wildman–Crippen LogP) is 2.24. The third-order valence-electron chi connectivity index (χ3n) is 3.88. The Morgan fingerprint density at radius 3 is 2.65 bits per heavy atom. The van der Waals surface area contributed by atoms with Crippen molar-refractivity contribution in [3.8, 4) is 11.5 Å². The molecule has 23 heavy (non-hydrogen) atoms. The zero-order chi connectivity index (χ0) is 17.0. The highest BCUT2D eigenvalue weighted by molar-refractivity contribution is 5.78. The van der Waals surface area contributed by atoms with E-state index in [4.69, 9.17) is 4.52 Å². The van der Waals surface area contributed by atoms with Crippen LogP contribution in [0.25, 0.3) is 0 Å². The van der Waals surface area contributed by atoms with Gasteiger partial charge in [0.25, 0.3) is 0 Å². The largest absolute Gasteiger partial charge is 0.504 e. The van der Waals surface area contributed by atoms with Gasteiger partial charge in [-0.2, -0.15) is 0 Å². The highest BCUT2D eigenvalue weighted by Crippen LogP contribution is 2.26. The minimum absolute atomic E-state index is 0.0516. The summed E-state index contributed by atoms with van der Waals surface area (Å²) >= 11 is 0. The lowest BCUT2D eigenvalue weighted by Crippen LogP contribution is -2.32. The summed E-state index contributed by atoms with van der Waals surface area (Å²) in [7, 11) is 0. The SMILES string of the molecule is Cc1noc(C)c1CCNC(=O)C(C)Cc1ccc(O)c(O)c1. The van der Waals surface area contributed by atoms with Gasteiger partial charge in [-0.05, 0) is 44.4 Å². The Morgan fingerprint density at radius 2 is 2.04 bits per heavy atom. The fourth-order valence-corrected chi connectivity index (χ4v) is 2.49. The lowest BCUT2D eigenvalue weighted by molar-refractivity contribution is -0.124. The molecule has 0 saturated heterocycles. The van der Waals surface area contributed by atoms with Gasteiger partial charge in [0.2, 0.25) is 5.91 Å². The molecule has 0 fully saturated rings. The Hall–Kier alpha value is -2.50. The quantitative estimate of drug-likeness (QED) is 0.710. The van der Waals surface area contributed by atoms with Gasteiger partial charge in [-0.25, -0.2) is 0 Å². The molecule has 1 unspecified atom stereocenters. The summed E-state index contributed by atoms with van der Waals surface area (Å²) in [6.07, 6.45) is 1.17. The van der Waals surface area contributed by atoms with Crippen LogP contribution in [0, 0.1) is 19.8 Å². The van der Waals surface area contributed by atoms with Crippen molar-refractivity contribution in [3.63, 3.8) is 0 Å². The van der Waals surface area contributed by atoms with E-state index in [-0.39, 0.29) is 23.3 Å². The molecule has 0 bridgehead atoms. The number of aryl methyl sites for hydroxylation is 2. The standard InChI is InChI=1S/C17H22N2O4/c1-10(8-13-4-5-15(20)16(21)9-13)17(22)18-7-6-14-11(2)19-23-12(14)3/h4-5,9-10,20-21H,6-8H2,1-3H3,(H,18,22). The van der Waals surface area contributed by atoms with Gasteiger partial charge in [-0.1, -0.05) is 18.1 Å². The Balaban J connectivity index is 1.84. The minimum atomic E-state index is -0.233. The van der Waals surface area contributed by atoms with Crippen molar-refractivity contribution in [2.75, 3.05) is 6.54 Å². The lowest BCUT2D eigenvalue weighted by Gasteiger charge is -2.12. The maximum atomic E-state index is 12.1. The van der Waals surface area contributed by atoms with Crippen molar-refractivity contribution in [1.82, 2.24) is 10.5 Å². The summed E-state index contributed by atoms with van der Waals surface area (Å²) in [6, 6.07) is 4.60. The van der Waals surface area contributed by atoms with Crippen LogP contribution in [0.2, 0.25) is 0 Å². The molecular weight excluding hydrogens is 296 g/mol. The molecule has 0 aliphatic heterocycles. The third kappa shape index (κ3) is 4.25. The molecule has 0 aliphatic rings. The second kappa shape index (κ2) is 7.17. The lowest BCUT2D eigenvalue weighted by atomic mass is 10.00. The van der Waals surface area contributed by atoms with Gasteiger partial charge in [0.15, 0.2) is 11.5 Å². The van der Waals surface area contributed by atoms with E-state index >= 15 is 0 Å². The van der Waals surface area contributed by atoms with E-state index in [0.29, 0.717) is 19.4 Å². The fourth-order valence-electron chi connectivity index (χ4n) is 2.49. The van der Waals surface area contributed by atoms with Gasteiger partial charge < -0.3 is 20.1 Å². The van der Waals surface area contributed by atoms with E-state index in [9.17, 15) is 15.0 Å². The summed E-state index contributed by atoms with van der Waals surface area (Å²) < 4.78 is 5.09. The van der Waals surface area contributed by atoms with Gasteiger partial charge in [0.1, 0.15) is 5.76 Å². The molecule has 2 rings (SSSR count). The first-order valence-electron chi connectivity index (χ1n) is 7.58. The van der Waals surface area contributed by atoms with Crippen LogP contribution >= 0.6 is 0 Å². The highest BCUT2D eigenvalue weighted by Gasteiger charge is 2.15. The minimum Gasteiger partial charge on any atom is -0.504 e. The number of carbonyl (C=O) groups is 1. The molecule has 124 valence electrons. The summed E-state index contributed by atoms with van der Waals surface area (Å²) in [5.41, 5.74) is 2.68. The van der Waals surface area contributed by atoms with E-state index in [1.807, 2.05) is 20.8 Å². The van der Waals surface area contributed by atoms with Crippen LogP contribution < -0.4 is 5.32 Å². The molecule has 6 nitrogen and oxygen atoms in total. The Morgan fingerprint density at radius 1 is 1.30 bits per heavy atom. The molecule has 1 amide bonds. The summed E-state index contributed by atoms with van der Waals surface area (Å²) in [4.78, 5) is 12.1. The zero-order valence-corrected chi connectivity index (χ0v) is 13.6. The van der Waals surface area contributed by atoms with E-state index in [1.165, 1.54) is 12.1 Å². The Kier molecular flexibility index (Phi) is 5.26. The number of hydrogen-bond acceptors (Lipinski definition) is 5. The summed E-state index contributed by atoms with van der Waals surface area (Å²) in [5.74, 6) is 0.163. The Labute approximate surface area is 135 Å². The van der Waals surface area contributed by atoms with Gasteiger partial charge in [0, 0.05) is 18.0 Å². The number of phenolic OH excluding ortho intramolecular Hbond substituents is 2. The van der Waals surface area contributed by atoms with Crippen molar-refractivity contribution in [2.24, 2.45) is 5.92 Å². The van der Waals surface area contributed by atoms with Gasteiger partial charge in [0.05, 0.1) is 5.69 Å². The molecule has 0 saturated carbocycles. The molecule has 3 N–H and O–H groups in total. The first kappa shape index (κ1) is 16.9. The maximum Gasteiger partial charge on any atom is 0.223 e. The van der Waals surface area contributed by atoms with Crippen LogP contribution in [0.4, 0.5) is 0 Å². The van der Waals surface area contributed by atoms with Gasteiger partial charge in [-0.3, -0.25) is 4.79 Å². The van der Waals surface area contributed by atoms with Crippen molar-refractivity contribution in [2.45, 2.75) is 33.6 Å². The van der Waals surface area contributed by atoms with E-state index in [1.54, 1.807) is 6.07 Å². The van der Waals surface area contributed by atoms with Crippen LogP contribution in [0.5, 0.6) is 11.5 Å². The first-order chi connectivity index (χ1) is 10.9. The molecule has 1 atom stereocenters. The number of aromatic nitrogens is 1. The molecule has 1 aromatic carbocycles. The van der Waals surface area contributed by atoms with Crippen LogP contribution in [0.3, 0.4) is 0 Å². The fraction of sp³-hybridized carbons (Fsp3) is 0.412. The second-order valence-electron chi connectivity index (χ2n) is 5.77. The van der Waals surface area contributed by atoms with Crippen LogP contribution in [0.15, 0.2) is 22.7 Å². The van der Waals surface area contributed by atoms with Gasteiger partial charge >= 0.3 is 0 Å². The average molecular weight is 318 g/mol. The van der Waals surface area contributed by atoms with Crippen LogP contribution in [0.1, 0.15) is 29.5 Å². The normalized spacial score (nSPS) is 12.1. The summed E-state index contributed by atoms with van der Waals surface area (Å²) in [6.45, 7) is 6.09. The number of rotatable bonds is 6. The average Bonchev–Trinajstić information content (AvgIpc) is 2.82. The van der Waals surface area contributed by atoms with Crippen LogP contribution in [-0.2, 0) is 17.6 Å². The smallest absolute Gasteiger partial charge is 0.223 e. The molecule has 2 aromatic rings. The number of nitrogens with one attached hydrogen (secondary N) is 1. The molecular formula is C17H22N2O4. The Bertz CT molecular complexity index is 674. The zero-order valence-electron chi connectivity index (χ0n) is 13.6. The first-order valence-corrected chi connectivity index (χ1v) is 7.58. The monoisotopic (exact) mass is 318 g/mol. The molecule has 1 aromatic heterocycles. The van der Waals surface area contributed by atoms with Crippen molar-refractivity contribution >= 4 is 5.91 Å². The van der Waals surface area contributed by atoms with Crippen LogP contribution in [-0.4, -0.2) is 27.8 Å². The number of amides is 1. The number of benzene rings is 1. The highest BCUT2D eigenvalue weighted by atomic mass is 16.5. The second-order valence-corrected chi connectivity index (χ2v) is 5.77. The van der Waals surface area contributed by atoms with Crippen molar-refractivity contribution in [3.05, 3.63) is 40.8 Å². The third-order valence-corrected chi connectivity index (χ3v) is 3.88.